The standard InChI is InChI=1S/C27H33N7O/c1-16-23(13-28)27(32-31-26(16)18-3-4-24-20(10-18)15-34(2)33-24)30-21-11-19-14-29-25(22(19)12-21)9-17-5-7-35-8-6-17/h3-4,10,15,17,19,21-22,25,29H,5-9,11-12,14H2,1-2H3,(H,30,32)/t19-,21+,22+,25+/m1/s1. The highest BCUT2D eigenvalue weighted by Crippen LogP contribution is 2.42. The molecule has 4 atom stereocenters. The summed E-state index contributed by atoms with van der Waals surface area (Å²) in [5.41, 5.74) is 4.11. The molecule has 0 radical (unpaired) electrons. The molecule has 1 saturated carbocycles. The van der Waals surface area contributed by atoms with Crippen LogP contribution in [0, 0.1) is 36.0 Å². The van der Waals surface area contributed by atoms with Gasteiger partial charge in [-0.15, -0.1) is 10.2 Å². The molecule has 0 bridgehead atoms. The summed E-state index contributed by atoms with van der Waals surface area (Å²) >= 11 is 0. The first-order valence-corrected chi connectivity index (χ1v) is 12.9. The minimum atomic E-state index is 0.336. The fraction of sp³-hybridized carbons (Fsp3) is 0.556. The van der Waals surface area contributed by atoms with Crippen molar-refractivity contribution in [2.45, 2.75) is 51.1 Å². The van der Waals surface area contributed by atoms with Crippen LogP contribution in [0.15, 0.2) is 24.4 Å². The molecule has 1 aromatic carbocycles. The Morgan fingerprint density at radius 1 is 1.23 bits per heavy atom. The van der Waals surface area contributed by atoms with Gasteiger partial charge in [-0.25, -0.2) is 0 Å². The van der Waals surface area contributed by atoms with Crippen LogP contribution in [0.25, 0.3) is 22.2 Å². The average molecular weight is 472 g/mol. The third kappa shape index (κ3) is 4.28. The predicted molar refractivity (Wildman–Crippen MR) is 135 cm³/mol. The molecule has 2 aromatic heterocycles. The van der Waals surface area contributed by atoms with Gasteiger partial charge in [-0.05, 0) is 81.0 Å². The maximum Gasteiger partial charge on any atom is 0.167 e. The fourth-order valence-electron chi connectivity index (χ4n) is 6.58. The van der Waals surface area contributed by atoms with Gasteiger partial charge in [-0.1, -0.05) is 6.07 Å². The number of anilines is 1. The maximum atomic E-state index is 10.0. The van der Waals surface area contributed by atoms with Crippen molar-refractivity contribution < 1.29 is 4.74 Å². The van der Waals surface area contributed by atoms with Gasteiger partial charge in [0.2, 0.25) is 0 Å². The SMILES string of the molecule is Cc1c(-c2ccc3nn(C)cc3c2)nnc(N[C@H]2C[C@@H]3CN[C@@H](CC4CCOCC4)[C@H]3C2)c1C#N. The Hall–Kier alpha value is -3.02. The second-order valence-corrected chi connectivity index (χ2v) is 10.6. The van der Waals surface area contributed by atoms with Crippen molar-refractivity contribution in [1.82, 2.24) is 25.3 Å². The van der Waals surface area contributed by atoms with Crippen LogP contribution in [0.4, 0.5) is 5.82 Å². The molecule has 0 amide bonds. The smallest absolute Gasteiger partial charge is 0.167 e. The Balaban J connectivity index is 1.18. The predicted octanol–water partition coefficient (Wildman–Crippen LogP) is 3.81. The van der Waals surface area contributed by atoms with E-state index in [1.807, 2.05) is 32.3 Å². The normalized spacial score (nSPS) is 26.7. The number of aryl methyl sites for hydroxylation is 1. The number of aromatic nitrogens is 4. The third-order valence-corrected chi connectivity index (χ3v) is 8.40. The highest BCUT2D eigenvalue weighted by molar-refractivity contribution is 5.84. The van der Waals surface area contributed by atoms with Crippen molar-refractivity contribution in [3.05, 3.63) is 35.5 Å². The summed E-state index contributed by atoms with van der Waals surface area (Å²) in [5, 5.41) is 32.0. The minimum absolute atomic E-state index is 0.336. The van der Waals surface area contributed by atoms with Gasteiger partial charge in [-0.2, -0.15) is 10.4 Å². The van der Waals surface area contributed by atoms with Crippen LogP contribution >= 0.6 is 0 Å². The summed E-state index contributed by atoms with van der Waals surface area (Å²) in [6.07, 6.45) is 7.87. The van der Waals surface area contributed by atoms with Crippen molar-refractivity contribution in [3.63, 3.8) is 0 Å². The van der Waals surface area contributed by atoms with E-state index in [-0.39, 0.29) is 0 Å². The second kappa shape index (κ2) is 9.21. The summed E-state index contributed by atoms with van der Waals surface area (Å²) in [7, 11) is 1.92. The number of nitrogens with zero attached hydrogens (tertiary/aromatic N) is 5. The zero-order chi connectivity index (χ0) is 23.9. The van der Waals surface area contributed by atoms with Gasteiger partial charge >= 0.3 is 0 Å². The largest absolute Gasteiger partial charge is 0.381 e. The van der Waals surface area contributed by atoms with Crippen molar-refractivity contribution in [2.24, 2.45) is 24.8 Å². The molecule has 8 heteroatoms. The van der Waals surface area contributed by atoms with E-state index in [2.05, 4.69) is 38.1 Å². The Bertz CT molecular complexity index is 1270. The van der Waals surface area contributed by atoms with Crippen LogP contribution < -0.4 is 10.6 Å². The van der Waals surface area contributed by atoms with Crippen LogP contribution in [-0.2, 0) is 11.8 Å². The summed E-state index contributed by atoms with van der Waals surface area (Å²) in [4.78, 5) is 0. The molecule has 3 fully saturated rings. The topological polar surface area (TPSA) is 101 Å². The molecule has 3 aromatic rings. The molecule has 4 heterocycles. The number of rotatable bonds is 5. The van der Waals surface area contributed by atoms with Crippen molar-refractivity contribution >= 4 is 16.7 Å². The lowest BCUT2D eigenvalue weighted by atomic mass is 9.85. The van der Waals surface area contributed by atoms with Crippen LogP contribution in [-0.4, -0.2) is 51.8 Å². The second-order valence-electron chi connectivity index (χ2n) is 10.6. The highest BCUT2D eigenvalue weighted by Gasteiger charge is 2.44. The number of hydrogen-bond acceptors (Lipinski definition) is 7. The number of benzene rings is 1. The Kier molecular flexibility index (Phi) is 5.91. The van der Waals surface area contributed by atoms with E-state index in [4.69, 9.17) is 4.74 Å². The summed E-state index contributed by atoms with van der Waals surface area (Å²) in [6, 6.07) is 9.40. The Morgan fingerprint density at radius 3 is 2.91 bits per heavy atom. The molecule has 6 rings (SSSR count). The molecule has 0 spiro atoms. The number of fused-ring (bicyclic) bond motifs is 2. The molecule has 3 aliphatic rings. The fourth-order valence-corrected chi connectivity index (χ4v) is 6.58. The molecule has 8 nitrogen and oxygen atoms in total. The molecule has 2 N–H and O–H groups in total. The van der Waals surface area contributed by atoms with Gasteiger partial charge in [-0.3, -0.25) is 4.68 Å². The van der Waals surface area contributed by atoms with Gasteiger partial charge in [0.25, 0.3) is 0 Å². The third-order valence-electron chi connectivity index (χ3n) is 8.40. The van der Waals surface area contributed by atoms with Crippen molar-refractivity contribution in [1.29, 1.82) is 5.26 Å². The number of hydrogen-bond donors (Lipinski definition) is 2. The van der Waals surface area contributed by atoms with Crippen LogP contribution in [0.2, 0.25) is 0 Å². The monoisotopic (exact) mass is 471 g/mol. The van der Waals surface area contributed by atoms with Crippen LogP contribution in [0.1, 0.15) is 43.2 Å². The Morgan fingerprint density at radius 2 is 2.09 bits per heavy atom. The van der Waals surface area contributed by atoms with Gasteiger partial charge in [0.1, 0.15) is 11.6 Å². The van der Waals surface area contributed by atoms with Crippen molar-refractivity contribution in [3.8, 4) is 17.3 Å². The summed E-state index contributed by atoms with van der Waals surface area (Å²) < 4.78 is 7.36. The van der Waals surface area contributed by atoms with E-state index in [9.17, 15) is 5.26 Å². The average Bonchev–Trinajstić information content (AvgIpc) is 3.54. The molecule has 182 valence electrons. The summed E-state index contributed by atoms with van der Waals surface area (Å²) in [5.74, 6) is 2.79. The number of nitriles is 1. The first kappa shape index (κ1) is 22.4. The quantitative estimate of drug-likeness (QED) is 0.584. The molecule has 0 unspecified atom stereocenters. The first-order chi connectivity index (χ1) is 17.1. The first-order valence-electron chi connectivity index (χ1n) is 12.9. The Labute approximate surface area is 206 Å². The highest BCUT2D eigenvalue weighted by atomic mass is 16.5. The molecule has 2 saturated heterocycles. The van der Waals surface area contributed by atoms with Crippen LogP contribution in [0.3, 0.4) is 0 Å². The molecule has 2 aliphatic heterocycles. The number of nitrogens with one attached hydrogen (secondary N) is 2. The lowest BCUT2D eigenvalue weighted by molar-refractivity contribution is 0.0594. The zero-order valence-corrected chi connectivity index (χ0v) is 20.5. The van der Waals surface area contributed by atoms with E-state index in [0.29, 0.717) is 35.3 Å². The molecule has 1 aliphatic carbocycles. The summed E-state index contributed by atoms with van der Waals surface area (Å²) in [6.45, 7) is 4.90. The molecule has 35 heavy (non-hydrogen) atoms. The molecular weight excluding hydrogens is 438 g/mol. The maximum absolute atomic E-state index is 10.0. The lowest BCUT2D eigenvalue weighted by Gasteiger charge is -2.27. The van der Waals surface area contributed by atoms with Gasteiger partial charge in [0.05, 0.1) is 11.2 Å². The van der Waals surface area contributed by atoms with Gasteiger partial charge < -0.3 is 15.4 Å². The van der Waals surface area contributed by atoms with Crippen LogP contribution in [0.5, 0.6) is 0 Å². The van der Waals surface area contributed by atoms with E-state index >= 15 is 0 Å². The zero-order valence-electron chi connectivity index (χ0n) is 20.5. The molecular formula is C27H33N7O. The van der Waals surface area contributed by atoms with E-state index in [0.717, 1.165) is 66.2 Å². The van der Waals surface area contributed by atoms with Crippen molar-refractivity contribution in [2.75, 3.05) is 25.1 Å². The van der Waals surface area contributed by atoms with E-state index in [1.54, 1.807) is 4.68 Å². The van der Waals surface area contributed by atoms with Gasteiger partial charge in [0.15, 0.2) is 5.82 Å². The van der Waals surface area contributed by atoms with E-state index in [1.165, 1.54) is 19.3 Å². The minimum Gasteiger partial charge on any atom is -0.381 e. The van der Waals surface area contributed by atoms with Gasteiger partial charge in [0, 0.05) is 49.5 Å². The number of ether oxygens (including phenoxy) is 1. The lowest BCUT2D eigenvalue weighted by Crippen LogP contribution is -2.33. The van der Waals surface area contributed by atoms with E-state index < -0.39 is 0 Å².